The molecular weight excluding hydrogens is 286 g/mol. The molecule has 1 amide bonds. The number of carbonyl (C=O) groups excluding carboxylic acids is 1. The van der Waals surface area contributed by atoms with Crippen molar-refractivity contribution < 1.29 is 9.53 Å². The van der Waals surface area contributed by atoms with Gasteiger partial charge < -0.3 is 9.64 Å². The van der Waals surface area contributed by atoms with Crippen LogP contribution in [-0.4, -0.2) is 30.0 Å². The van der Waals surface area contributed by atoms with Gasteiger partial charge in [0.25, 0.3) is 5.91 Å². The Kier molecular flexibility index (Phi) is 5.58. The van der Waals surface area contributed by atoms with Crippen molar-refractivity contribution in [2.45, 2.75) is 70.8 Å². The number of likely N-dealkylation sites (tertiary alicyclic amines) is 1. The maximum Gasteiger partial charge on any atom is 0.263 e. The molecule has 1 fully saturated rings. The molecule has 1 atom stereocenters. The zero-order chi connectivity index (χ0) is 16.1. The molecule has 0 saturated carbocycles. The van der Waals surface area contributed by atoms with E-state index in [1.165, 1.54) is 43.2 Å². The minimum Gasteiger partial charge on any atom is -0.481 e. The van der Waals surface area contributed by atoms with Gasteiger partial charge in [-0.1, -0.05) is 25.8 Å². The highest BCUT2D eigenvalue weighted by atomic mass is 16.5. The number of hydrogen-bond donors (Lipinski definition) is 0. The summed E-state index contributed by atoms with van der Waals surface area (Å²) in [4.78, 5) is 14.8. The summed E-state index contributed by atoms with van der Waals surface area (Å²) in [6.45, 7) is 3.82. The van der Waals surface area contributed by atoms with E-state index in [2.05, 4.69) is 12.1 Å². The molecule has 1 aromatic rings. The minimum absolute atomic E-state index is 0.173. The van der Waals surface area contributed by atoms with E-state index in [0.29, 0.717) is 0 Å². The summed E-state index contributed by atoms with van der Waals surface area (Å²) < 4.78 is 6.09. The van der Waals surface area contributed by atoms with Crippen LogP contribution in [0.2, 0.25) is 0 Å². The maximum absolute atomic E-state index is 12.8. The molecule has 0 spiro atoms. The standard InChI is InChI=1S/C20H29NO2/c1-2-19(20(22)21-13-7-3-4-8-14-21)23-18-12-11-16-9-5-6-10-17(16)15-18/h11-12,15,19H,2-10,13-14H2,1H3/t19-/m1/s1. The van der Waals surface area contributed by atoms with Crippen LogP contribution in [0.4, 0.5) is 0 Å². The van der Waals surface area contributed by atoms with Crippen LogP contribution in [0.3, 0.4) is 0 Å². The minimum atomic E-state index is -0.338. The van der Waals surface area contributed by atoms with Gasteiger partial charge in [-0.25, -0.2) is 0 Å². The molecule has 1 aliphatic carbocycles. The second-order valence-corrected chi connectivity index (χ2v) is 6.89. The molecule has 2 aliphatic rings. The molecule has 1 aromatic carbocycles. The van der Waals surface area contributed by atoms with Gasteiger partial charge in [-0.2, -0.15) is 0 Å². The SMILES string of the molecule is CC[C@@H](Oc1ccc2c(c1)CCCC2)C(=O)N1CCCCCC1. The number of aryl methyl sites for hydroxylation is 2. The number of hydrogen-bond acceptors (Lipinski definition) is 2. The predicted molar refractivity (Wildman–Crippen MR) is 92.8 cm³/mol. The van der Waals surface area contributed by atoms with E-state index in [0.717, 1.165) is 44.5 Å². The molecular formula is C20H29NO2. The lowest BCUT2D eigenvalue weighted by atomic mass is 9.92. The number of benzene rings is 1. The first-order valence-electron chi connectivity index (χ1n) is 9.35. The van der Waals surface area contributed by atoms with E-state index in [1.54, 1.807) is 0 Å². The van der Waals surface area contributed by atoms with Gasteiger partial charge in [0.05, 0.1) is 0 Å². The van der Waals surface area contributed by atoms with Crippen LogP contribution in [0.1, 0.15) is 63.0 Å². The molecule has 3 nitrogen and oxygen atoms in total. The van der Waals surface area contributed by atoms with Gasteiger partial charge in [-0.15, -0.1) is 0 Å². The van der Waals surface area contributed by atoms with Crippen LogP contribution in [0.15, 0.2) is 18.2 Å². The molecule has 0 aromatic heterocycles. The molecule has 0 bridgehead atoms. The number of amides is 1. The molecule has 3 heteroatoms. The topological polar surface area (TPSA) is 29.5 Å². The fourth-order valence-electron chi connectivity index (χ4n) is 3.75. The Morgan fingerprint density at radius 3 is 2.43 bits per heavy atom. The summed E-state index contributed by atoms with van der Waals surface area (Å²) in [5.74, 6) is 1.03. The Morgan fingerprint density at radius 1 is 1.04 bits per heavy atom. The van der Waals surface area contributed by atoms with E-state index in [1.807, 2.05) is 17.9 Å². The largest absolute Gasteiger partial charge is 0.481 e. The zero-order valence-corrected chi connectivity index (χ0v) is 14.4. The molecule has 1 aliphatic heterocycles. The molecule has 23 heavy (non-hydrogen) atoms. The van der Waals surface area contributed by atoms with E-state index < -0.39 is 0 Å². The summed E-state index contributed by atoms with van der Waals surface area (Å²) in [6.07, 6.45) is 10.0. The second kappa shape index (κ2) is 7.85. The van der Waals surface area contributed by atoms with Crippen molar-refractivity contribution in [2.24, 2.45) is 0 Å². The highest BCUT2D eigenvalue weighted by Crippen LogP contribution is 2.26. The van der Waals surface area contributed by atoms with Crippen LogP contribution in [0.25, 0.3) is 0 Å². The van der Waals surface area contributed by atoms with Crippen LogP contribution in [0.5, 0.6) is 5.75 Å². The van der Waals surface area contributed by atoms with Gasteiger partial charge in [-0.05, 0) is 68.2 Å². The Labute approximate surface area is 140 Å². The van der Waals surface area contributed by atoms with Crippen LogP contribution >= 0.6 is 0 Å². The number of nitrogens with zero attached hydrogens (tertiary/aromatic N) is 1. The first-order valence-corrected chi connectivity index (χ1v) is 9.35. The van der Waals surface area contributed by atoms with Gasteiger partial charge in [-0.3, -0.25) is 4.79 Å². The first-order chi connectivity index (χ1) is 11.3. The predicted octanol–water partition coefficient (Wildman–Crippen LogP) is 4.13. The van der Waals surface area contributed by atoms with Crippen LogP contribution in [-0.2, 0) is 17.6 Å². The molecule has 0 radical (unpaired) electrons. The van der Waals surface area contributed by atoms with E-state index in [4.69, 9.17) is 4.74 Å². The van der Waals surface area contributed by atoms with Crippen molar-refractivity contribution in [3.8, 4) is 5.75 Å². The zero-order valence-electron chi connectivity index (χ0n) is 14.4. The van der Waals surface area contributed by atoms with E-state index in [-0.39, 0.29) is 12.0 Å². The molecule has 0 unspecified atom stereocenters. The van der Waals surface area contributed by atoms with Crippen molar-refractivity contribution in [1.82, 2.24) is 4.90 Å². The summed E-state index contributed by atoms with van der Waals surface area (Å²) in [5.41, 5.74) is 2.86. The third-order valence-corrected chi connectivity index (χ3v) is 5.16. The summed E-state index contributed by atoms with van der Waals surface area (Å²) in [5, 5.41) is 0. The summed E-state index contributed by atoms with van der Waals surface area (Å²) in [6, 6.07) is 6.39. The Balaban J connectivity index is 1.67. The lowest BCUT2D eigenvalue weighted by molar-refractivity contribution is -0.138. The van der Waals surface area contributed by atoms with Crippen molar-refractivity contribution in [3.05, 3.63) is 29.3 Å². The van der Waals surface area contributed by atoms with Crippen molar-refractivity contribution in [1.29, 1.82) is 0 Å². The number of carbonyl (C=O) groups is 1. The number of fused-ring (bicyclic) bond motifs is 1. The van der Waals surface area contributed by atoms with Gasteiger partial charge in [0.15, 0.2) is 6.10 Å². The number of ether oxygens (including phenoxy) is 1. The molecule has 3 rings (SSSR count). The monoisotopic (exact) mass is 315 g/mol. The third-order valence-electron chi connectivity index (χ3n) is 5.16. The Hall–Kier alpha value is -1.51. The van der Waals surface area contributed by atoms with Gasteiger partial charge in [0.2, 0.25) is 0 Å². The second-order valence-electron chi connectivity index (χ2n) is 6.89. The van der Waals surface area contributed by atoms with E-state index >= 15 is 0 Å². The number of rotatable bonds is 4. The Morgan fingerprint density at radius 2 is 1.74 bits per heavy atom. The maximum atomic E-state index is 12.8. The highest BCUT2D eigenvalue weighted by Gasteiger charge is 2.25. The van der Waals surface area contributed by atoms with Crippen LogP contribution in [0, 0.1) is 0 Å². The fraction of sp³-hybridized carbons (Fsp3) is 0.650. The normalized spacial score (nSPS) is 19.6. The fourth-order valence-corrected chi connectivity index (χ4v) is 3.75. The lowest BCUT2D eigenvalue weighted by Gasteiger charge is -2.26. The summed E-state index contributed by atoms with van der Waals surface area (Å²) >= 11 is 0. The first kappa shape index (κ1) is 16.4. The molecule has 0 N–H and O–H groups in total. The molecule has 1 saturated heterocycles. The molecule has 126 valence electrons. The van der Waals surface area contributed by atoms with Crippen molar-refractivity contribution in [3.63, 3.8) is 0 Å². The average molecular weight is 315 g/mol. The van der Waals surface area contributed by atoms with Crippen LogP contribution < -0.4 is 4.74 Å². The van der Waals surface area contributed by atoms with E-state index in [9.17, 15) is 4.79 Å². The quantitative estimate of drug-likeness (QED) is 0.836. The van der Waals surface area contributed by atoms with Gasteiger partial charge in [0.1, 0.15) is 5.75 Å². The van der Waals surface area contributed by atoms with Gasteiger partial charge in [0, 0.05) is 13.1 Å². The van der Waals surface area contributed by atoms with Crippen molar-refractivity contribution >= 4 is 5.91 Å². The molecule has 1 heterocycles. The lowest BCUT2D eigenvalue weighted by Crippen LogP contribution is -2.42. The van der Waals surface area contributed by atoms with Gasteiger partial charge >= 0.3 is 0 Å². The average Bonchev–Trinajstić information content (AvgIpc) is 2.88. The van der Waals surface area contributed by atoms with Crippen molar-refractivity contribution in [2.75, 3.05) is 13.1 Å². The smallest absolute Gasteiger partial charge is 0.263 e. The Bertz CT molecular complexity index is 532. The highest BCUT2D eigenvalue weighted by molar-refractivity contribution is 5.81. The third kappa shape index (κ3) is 4.07. The summed E-state index contributed by atoms with van der Waals surface area (Å²) in [7, 11) is 0.